The van der Waals surface area contributed by atoms with Crippen LogP contribution in [-0.4, -0.2) is 42.9 Å². The van der Waals surface area contributed by atoms with Gasteiger partial charge >= 0.3 is 0 Å². The number of ether oxygens (including phenoxy) is 2. The number of carbonyl (C=O) groups is 2. The number of likely N-dealkylation sites (tertiary alicyclic amines) is 1. The largest absolute Gasteiger partial charge is 0.489 e. The van der Waals surface area contributed by atoms with Gasteiger partial charge in [0, 0.05) is 38.6 Å². The number of ketones is 1. The molecule has 1 amide bonds. The van der Waals surface area contributed by atoms with Crippen LogP contribution in [0.1, 0.15) is 58.4 Å². The lowest BCUT2D eigenvalue weighted by molar-refractivity contribution is 0.0436. The van der Waals surface area contributed by atoms with Crippen LogP contribution in [-0.2, 0) is 17.8 Å². The van der Waals surface area contributed by atoms with Gasteiger partial charge in [-0.15, -0.1) is 0 Å². The van der Waals surface area contributed by atoms with Gasteiger partial charge in [-0.25, -0.2) is 0 Å². The number of carbonyl (C=O) groups excluding carboxylic acids is 2. The van der Waals surface area contributed by atoms with Crippen molar-refractivity contribution in [3.8, 4) is 5.75 Å². The summed E-state index contributed by atoms with van der Waals surface area (Å²) in [6.07, 6.45) is 2.66. The lowest BCUT2D eigenvalue weighted by Crippen LogP contribution is -2.44. The lowest BCUT2D eigenvalue weighted by Gasteiger charge is -2.37. The first kappa shape index (κ1) is 19.7. The first-order valence-electron chi connectivity index (χ1n) is 10.3. The Labute approximate surface area is 170 Å². The molecule has 0 aliphatic carbocycles. The number of aryl methyl sites for hydroxylation is 1. The fraction of sp³-hybridized carbons (Fsp3) is 0.478. The highest BCUT2D eigenvalue weighted by molar-refractivity contribution is 5.99. The van der Waals surface area contributed by atoms with Crippen molar-refractivity contribution in [2.75, 3.05) is 20.2 Å². The van der Waals surface area contributed by atoms with Crippen LogP contribution in [0.4, 0.5) is 0 Å². The van der Waals surface area contributed by atoms with Gasteiger partial charge in [-0.1, -0.05) is 19.1 Å². The van der Waals surface area contributed by atoms with E-state index in [1.54, 1.807) is 13.2 Å². The van der Waals surface area contributed by atoms with E-state index in [1.165, 1.54) is 0 Å². The second-order valence-electron chi connectivity index (χ2n) is 7.76. The van der Waals surface area contributed by atoms with Crippen LogP contribution in [0.15, 0.2) is 34.7 Å². The molecule has 0 radical (unpaired) electrons. The average molecular weight is 397 g/mol. The third kappa shape index (κ3) is 3.94. The van der Waals surface area contributed by atoms with Crippen LogP contribution in [0.3, 0.4) is 0 Å². The summed E-state index contributed by atoms with van der Waals surface area (Å²) in [5, 5.41) is 0. The Kier molecular flexibility index (Phi) is 5.72. The van der Waals surface area contributed by atoms with Crippen LogP contribution < -0.4 is 4.74 Å². The second kappa shape index (κ2) is 8.41. The maximum absolute atomic E-state index is 12.9. The molecular formula is C23H27NO5. The van der Waals surface area contributed by atoms with E-state index in [4.69, 9.17) is 13.9 Å². The number of para-hydroxylation sites is 1. The molecule has 6 nitrogen and oxygen atoms in total. The first-order chi connectivity index (χ1) is 14.1. The number of methoxy groups -OCH3 is 1. The number of Topliss-reactive ketones (excluding diaryl/α,β-unsaturated/α-hetero) is 1. The number of fused-ring (bicyclic) bond motifs is 1. The van der Waals surface area contributed by atoms with E-state index in [9.17, 15) is 9.59 Å². The molecule has 2 aliphatic heterocycles. The summed E-state index contributed by atoms with van der Waals surface area (Å²) in [7, 11) is 1.63. The minimum Gasteiger partial charge on any atom is -0.489 e. The third-order valence-corrected chi connectivity index (χ3v) is 5.93. The number of hydrogen-bond donors (Lipinski definition) is 0. The Hall–Kier alpha value is -2.60. The van der Waals surface area contributed by atoms with Crippen molar-refractivity contribution in [3.63, 3.8) is 0 Å². The first-order valence-corrected chi connectivity index (χ1v) is 10.3. The van der Waals surface area contributed by atoms with Gasteiger partial charge in [-0.05, 0) is 37.0 Å². The normalized spacial score (nSPS) is 19.7. The van der Waals surface area contributed by atoms with E-state index >= 15 is 0 Å². The fourth-order valence-corrected chi connectivity index (χ4v) is 4.34. The minimum atomic E-state index is -0.113. The molecule has 1 aromatic carbocycles. The molecule has 1 atom stereocenters. The highest BCUT2D eigenvalue weighted by atomic mass is 16.5. The van der Waals surface area contributed by atoms with Gasteiger partial charge in [0.15, 0.2) is 11.5 Å². The zero-order valence-corrected chi connectivity index (χ0v) is 17.0. The van der Waals surface area contributed by atoms with Gasteiger partial charge in [-0.2, -0.15) is 0 Å². The Morgan fingerprint density at radius 2 is 2.00 bits per heavy atom. The van der Waals surface area contributed by atoms with Crippen molar-refractivity contribution in [3.05, 3.63) is 53.0 Å². The highest BCUT2D eigenvalue weighted by Gasteiger charge is 2.35. The van der Waals surface area contributed by atoms with Gasteiger partial charge in [-0.3, -0.25) is 9.59 Å². The molecule has 1 unspecified atom stereocenters. The zero-order valence-electron chi connectivity index (χ0n) is 17.0. The SMILES string of the molecule is CCc1oc(C(=O)N2CCC(C3CC(=O)c4ccccc4O3)CC2)cc1COC. The minimum absolute atomic E-state index is 0.0773. The molecule has 0 saturated carbocycles. The Morgan fingerprint density at radius 1 is 1.24 bits per heavy atom. The summed E-state index contributed by atoms with van der Waals surface area (Å²) >= 11 is 0. The number of hydrogen-bond acceptors (Lipinski definition) is 5. The number of piperidine rings is 1. The van der Waals surface area contributed by atoms with Gasteiger partial charge in [0.2, 0.25) is 0 Å². The number of nitrogens with zero attached hydrogens (tertiary/aromatic N) is 1. The molecule has 29 heavy (non-hydrogen) atoms. The number of furan rings is 1. The molecule has 1 fully saturated rings. The zero-order chi connectivity index (χ0) is 20.4. The molecule has 3 heterocycles. The Morgan fingerprint density at radius 3 is 2.72 bits per heavy atom. The predicted octanol–water partition coefficient (Wildman–Crippen LogP) is 3.87. The predicted molar refractivity (Wildman–Crippen MR) is 107 cm³/mol. The van der Waals surface area contributed by atoms with Crippen LogP contribution in [0.25, 0.3) is 0 Å². The summed E-state index contributed by atoms with van der Waals surface area (Å²) < 4.78 is 17.1. The van der Waals surface area contributed by atoms with E-state index in [2.05, 4.69) is 0 Å². The number of rotatable bonds is 5. The maximum atomic E-state index is 12.9. The van der Waals surface area contributed by atoms with Crippen LogP contribution >= 0.6 is 0 Å². The Bertz CT molecular complexity index is 894. The molecule has 0 N–H and O–H groups in total. The van der Waals surface area contributed by atoms with E-state index in [1.807, 2.05) is 36.1 Å². The smallest absolute Gasteiger partial charge is 0.289 e. The van der Waals surface area contributed by atoms with Crippen LogP contribution in [0.2, 0.25) is 0 Å². The van der Waals surface area contributed by atoms with Crippen LogP contribution in [0, 0.1) is 5.92 Å². The fourth-order valence-electron chi connectivity index (χ4n) is 4.34. The molecule has 1 saturated heterocycles. The quantitative estimate of drug-likeness (QED) is 0.766. The van der Waals surface area contributed by atoms with E-state index in [0.717, 1.165) is 30.6 Å². The van der Waals surface area contributed by atoms with Crippen molar-refractivity contribution in [1.29, 1.82) is 0 Å². The van der Waals surface area contributed by atoms with E-state index in [0.29, 0.717) is 43.2 Å². The molecule has 6 heteroatoms. The maximum Gasteiger partial charge on any atom is 0.289 e. The summed E-state index contributed by atoms with van der Waals surface area (Å²) in [6.45, 7) is 3.72. The topological polar surface area (TPSA) is 69.0 Å². The molecule has 154 valence electrons. The van der Waals surface area contributed by atoms with Crippen molar-refractivity contribution in [2.24, 2.45) is 5.92 Å². The Balaban J connectivity index is 1.38. The average Bonchev–Trinajstić information content (AvgIpc) is 3.16. The van der Waals surface area contributed by atoms with Gasteiger partial charge in [0.1, 0.15) is 17.6 Å². The van der Waals surface area contributed by atoms with Gasteiger partial charge in [0.25, 0.3) is 5.91 Å². The monoisotopic (exact) mass is 397 g/mol. The molecule has 2 aromatic rings. The van der Waals surface area contributed by atoms with Crippen molar-refractivity contribution < 1.29 is 23.5 Å². The number of benzene rings is 1. The van der Waals surface area contributed by atoms with Crippen LogP contribution in [0.5, 0.6) is 5.75 Å². The van der Waals surface area contributed by atoms with Crippen molar-refractivity contribution >= 4 is 11.7 Å². The molecule has 1 aromatic heterocycles. The molecule has 0 bridgehead atoms. The van der Waals surface area contributed by atoms with Gasteiger partial charge in [0.05, 0.1) is 12.2 Å². The third-order valence-electron chi connectivity index (χ3n) is 5.93. The number of amides is 1. The second-order valence-corrected chi connectivity index (χ2v) is 7.76. The summed E-state index contributed by atoms with van der Waals surface area (Å²) in [4.78, 5) is 27.2. The molecule has 0 spiro atoms. The lowest BCUT2D eigenvalue weighted by atomic mass is 9.86. The summed E-state index contributed by atoms with van der Waals surface area (Å²) in [5.74, 6) is 2.20. The standard InChI is InChI=1S/C23H27NO5/c1-3-19-16(14-27-2)12-22(28-19)23(26)24-10-8-15(9-11-24)21-13-18(25)17-6-4-5-7-20(17)29-21/h4-7,12,15,21H,3,8-11,13-14H2,1-2H3. The van der Waals surface area contributed by atoms with E-state index < -0.39 is 0 Å². The molecular weight excluding hydrogens is 370 g/mol. The molecule has 2 aliphatic rings. The molecule has 4 rings (SSSR count). The van der Waals surface area contributed by atoms with Crippen molar-refractivity contribution in [2.45, 2.75) is 45.3 Å². The van der Waals surface area contributed by atoms with Crippen molar-refractivity contribution in [1.82, 2.24) is 4.90 Å². The van der Waals surface area contributed by atoms with E-state index in [-0.39, 0.29) is 23.7 Å². The van der Waals surface area contributed by atoms with Gasteiger partial charge < -0.3 is 18.8 Å². The summed E-state index contributed by atoms with van der Waals surface area (Å²) in [5.41, 5.74) is 1.61. The summed E-state index contributed by atoms with van der Waals surface area (Å²) in [6, 6.07) is 9.23. The highest BCUT2D eigenvalue weighted by Crippen LogP contribution is 2.34.